The number of nitrogens with zero attached hydrogens (tertiary/aromatic N) is 4. The first kappa shape index (κ1) is 24.0. The van der Waals surface area contributed by atoms with Gasteiger partial charge in [0.2, 0.25) is 15.9 Å². The predicted molar refractivity (Wildman–Crippen MR) is 123 cm³/mol. The number of hydrogen-bond donors (Lipinski definition) is 0. The van der Waals surface area contributed by atoms with Crippen LogP contribution in [-0.4, -0.2) is 52.7 Å². The Morgan fingerprint density at radius 1 is 1.12 bits per heavy atom. The summed E-state index contributed by atoms with van der Waals surface area (Å²) < 4.78 is 35.6. The summed E-state index contributed by atoms with van der Waals surface area (Å²) in [5.41, 5.74) is 1.31. The van der Waals surface area contributed by atoms with Gasteiger partial charge in [0.15, 0.2) is 0 Å². The molecule has 0 N–H and O–H groups in total. The predicted octanol–water partition coefficient (Wildman–Crippen LogP) is 3.50. The van der Waals surface area contributed by atoms with Crippen molar-refractivity contribution in [1.29, 1.82) is 0 Å². The summed E-state index contributed by atoms with van der Waals surface area (Å²) in [7, 11) is -2.14. The maximum Gasteiger partial charge on any atom is 0.243 e. The largest absolute Gasteiger partial charge is 0.464 e. The number of rotatable bonds is 10. The van der Waals surface area contributed by atoms with Crippen molar-refractivity contribution in [1.82, 2.24) is 18.8 Å². The van der Waals surface area contributed by atoms with Crippen LogP contribution in [-0.2, 0) is 28.4 Å². The van der Waals surface area contributed by atoms with Crippen molar-refractivity contribution in [3.05, 3.63) is 48.7 Å². The van der Waals surface area contributed by atoms with Gasteiger partial charge in [-0.25, -0.2) is 13.4 Å². The molecule has 0 aliphatic rings. The number of aryl methyl sites for hydroxylation is 1. The van der Waals surface area contributed by atoms with E-state index in [1.54, 1.807) is 47.2 Å². The van der Waals surface area contributed by atoms with Gasteiger partial charge in [0.05, 0.1) is 36.3 Å². The molecule has 0 saturated carbocycles. The Kier molecular flexibility index (Phi) is 7.40. The molecule has 8 nitrogen and oxygen atoms in total. The number of furan rings is 1. The van der Waals surface area contributed by atoms with Gasteiger partial charge >= 0.3 is 0 Å². The molecular formula is C23H32N4O4S. The lowest BCUT2D eigenvalue weighted by Crippen LogP contribution is -2.45. The van der Waals surface area contributed by atoms with E-state index in [-0.39, 0.29) is 35.7 Å². The van der Waals surface area contributed by atoms with Crippen molar-refractivity contribution in [2.75, 3.05) is 19.6 Å². The third-order valence-corrected chi connectivity index (χ3v) is 6.94. The number of fused-ring (bicyclic) bond motifs is 1. The molecule has 3 rings (SSSR count). The molecule has 1 aromatic carbocycles. The van der Waals surface area contributed by atoms with Crippen LogP contribution in [0.15, 0.2) is 52.4 Å². The Morgan fingerprint density at radius 2 is 1.81 bits per heavy atom. The highest BCUT2D eigenvalue weighted by molar-refractivity contribution is 7.89. The molecule has 0 saturated heterocycles. The zero-order chi connectivity index (χ0) is 23.5. The smallest absolute Gasteiger partial charge is 0.243 e. The normalized spacial score (nSPS) is 12.4. The van der Waals surface area contributed by atoms with Crippen LogP contribution in [0.1, 0.15) is 33.4 Å². The lowest BCUT2D eigenvalue weighted by Gasteiger charge is -2.29. The van der Waals surface area contributed by atoms with Crippen molar-refractivity contribution in [3.63, 3.8) is 0 Å². The third kappa shape index (κ3) is 5.58. The molecule has 174 valence electrons. The van der Waals surface area contributed by atoms with Crippen LogP contribution in [0.4, 0.5) is 0 Å². The summed E-state index contributed by atoms with van der Waals surface area (Å²) in [4.78, 5) is 19.2. The van der Waals surface area contributed by atoms with Crippen LogP contribution in [0, 0.1) is 11.8 Å². The van der Waals surface area contributed by atoms with Gasteiger partial charge < -0.3 is 13.9 Å². The topological polar surface area (TPSA) is 88.7 Å². The monoisotopic (exact) mass is 460 g/mol. The van der Waals surface area contributed by atoms with Crippen molar-refractivity contribution in [2.24, 2.45) is 18.9 Å². The summed E-state index contributed by atoms with van der Waals surface area (Å²) in [5.74, 6) is 0.356. The van der Waals surface area contributed by atoms with Crippen molar-refractivity contribution in [3.8, 4) is 0 Å². The van der Waals surface area contributed by atoms with Crippen molar-refractivity contribution in [2.45, 2.75) is 39.1 Å². The molecule has 0 aliphatic carbocycles. The molecule has 2 aromatic heterocycles. The number of aromatic nitrogens is 2. The fourth-order valence-corrected chi connectivity index (χ4v) is 5.01. The maximum absolute atomic E-state index is 13.6. The second-order valence-electron chi connectivity index (χ2n) is 8.98. The van der Waals surface area contributed by atoms with Gasteiger partial charge in [-0.1, -0.05) is 27.7 Å². The van der Waals surface area contributed by atoms with Crippen LogP contribution in [0.25, 0.3) is 11.0 Å². The molecule has 32 heavy (non-hydrogen) atoms. The number of hydrogen-bond acceptors (Lipinski definition) is 5. The van der Waals surface area contributed by atoms with Gasteiger partial charge in [-0.2, -0.15) is 4.31 Å². The van der Waals surface area contributed by atoms with E-state index in [0.29, 0.717) is 29.8 Å². The van der Waals surface area contributed by atoms with Gasteiger partial charge in [0, 0.05) is 31.7 Å². The zero-order valence-corrected chi connectivity index (χ0v) is 20.2. The molecule has 0 spiro atoms. The average Bonchev–Trinajstić information content (AvgIpc) is 3.34. The van der Waals surface area contributed by atoms with Crippen molar-refractivity contribution < 1.29 is 17.6 Å². The van der Waals surface area contributed by atoms with E-state index in [1.807, 2.05) is 27.7 Å². The molecule has 0 unspecified atom stereocenters. The number of benzene rings is 1. The minimum Gasteiger partial charge on any atom is -0.464 e. The van der Waals surface area contributed by atoms with E-state index >= 15 is 0 Å². The lowest BCUT2D eigenvalue weighted by molar-refractivity contribution is -0.132. The fourth-order valence-electron chi connectivity index (χ4n) is 3.61. The van der Waals surface area contributed by atoms with Crippen LogP contribution >= 0.6 is 0 Å². The lowest BCUT2D eigenvalue weighted by atomic mass is 10.1. The Hall–Kier alpha value is -2.65. The first-order valence-corrected chi connectivity index (χ1v) is 12.2. The van der Waals surface area contributed by atoms with E-state index in [0.717, 1.165) is 0 Å². The molecular weight excluding hydrogens is 428 g/mol. The summed E-state index contributed by atoms with van der Waals surface area (Å²) >= 11 is 0. The number of sulfonamides is 1. The number of carbonyl (C=O) groups excluding carboxylic acids is 1. The second kappa shape index (κ2) is 9.87. The van der Waals surface area contributed by atoms with Gasteiger partial charge in [0.1, 0.15) is 5.58 Å². The standard InChI is InChI=1S/C23H32N4O4S/c1-17(2)12-26(13-18(3)4)23(28)15-27(14-20-11-24-16-25(20)5)32(29,30)21-6-7-22-19(10-21)8-9-31-22/h6-11,16-18H,12-15H2,1-5H3. The van der Waals surface area contributed by atoms with Gasteiger partial charge in [-0.3, -0.25) is 4.79 Å². The molecule has 1 amide bonds. The Balaban J connectivity index is 1.95. The van der Waals surface area contributed by atoms with Gasteiger partial charge in [-0.05, 0) is 36.1 Å². The maximum atomic E-state index is 13.6. The van der Waals surface area contributed by atoms with E-state index in [4.69, 9.17) is 4.42 Å². The van der Waals surface area contributed by atoms with E-state index in [2.05, 4.69) is 4.98 Å². The highest BCUT2D eigenvalue weighted by Gasteiger charge is 2.30. The number of amides is 1. The number of imidazole rings is 1. The SMILES string of the molecule is CC(C)CN(CC(C)C)C(=O)CN(Cc1cncn1C)S(=O)(=O)c1ccc2occc2c1. The molecule has 9 heteroatoms. The zero-order valence-electron chi connectivity index (χ0n) is 19.4. The second-order valence-corrected chi connectivity index (χ2v) is 10.9. The Labute approximate surface area is 189 Å². The Bertz CT molecular complexity index is 1150. The summed E-state index contributed by atoms with van der Waals surface area (Å²) in [5, 5.41) is 0.694. The molecule has 0 aliphatic heterocycles. The van der Waals surface area contributed by atoms with E-state index in [1.165, 1.54) is 16.6 Å². The first-order valence-electron chi connectivity index (χ1n) is 10.8. The molecule has 0 fully saturated rings. The Morgan fingerprint density at radius 3 is 2.41 bits per heavy atom. The minimum atomic E-state index is -3.95. The highest BCUT2D eigenvalue weighted by Crippen LogP contribution is 2.24. The van der Waals surface area contributed by atoms with Crippen LogP contribution in [0.5, 0.6) is 0 Å². The minimum absolute atomic E-state index is 0.0468. The summed E-state index contributed by atoms with van der Waals surface area (Å²) in [6.45, 7) is 9.16. The molecule has 3 aromatic rings. The molecule has 0 atom stereocenters. The average molecular weight is 461 g/mol. The van der Waals surface area contributed by atoms with Crippen LogP contribution in [0.2, 0.25) is 0 Å². The molecule has 0 radical (unpaired) electrons. The van der Waals surface area contributed by atoms with Gasteiger partial charge in [-0.15, -0.1) is 0 Å². The third-order valence-electron chi connectivity index (χ3n) is 5.15. The van der Waals surface area contributed by atoms with Crippen LogP contribution < -0.4 is 0 Å². The molecule has 2 heterocycles. The number of carbonyl (C=O) groups is 1. The summed E-state index contributed by atoms with van der Waals surface area (Å²) in [6.07, 6.45) is 4.75. The molecule has 0 bridgehead atoms. The quantitative estimate of drug-likeness (QED) is 0.462. The summed E-state index contributed by atoms with van der Waals surface area (Å²) in [6, 6.07) is 6.45. The van der Waals surface area contributed by atoms with Crippen LogP contribution in [0.3, 0.4) is 0 Å². The van der Waals surface area contributed by atoms with E-state index in [9.17, 15) is 13.2 Å². The highest BCUT2D eigenvalue weighted by atomic mass is 32.2. The van der Waals surface area contributed by atoms with Crippen molar-refractivity contribution >= 4 is 26.9 Å². The van der Waals surface area contributed by atoms with Gasteiger partial charge in [0.25, 0.3) is 0 Å². The fraction of sp³-hybridized carbons (Fsp3) is 0.478. The first-order chi connectivity index (χ1) is 15.1. The van der Waals surface area contributed by atoms with E-state index < -0.39 is 10.0 Å².